The predicted molar refractivity (Wildman–Crippen MR) is 80.8 cm³/mol. The molecule has 0 heterocycles. The highest BCUT2D eigenvalue weighted by Gasteiger charge is 2.43. The summed E-state index contributed by atoms with van der Waals surface area (Å²) in [5.74, 6) is -0.494. The van der Waals surface area contributed by atoms with Gasteiger partial charge in [-0.15, -0.1) is 0 Å². The summed E-state index contributed by atoms with van der Waals surface area (Å²) in [7, 11) is 0. The Bertz CT molecular complexity index is 496. The lowest BCUT2D eigenvalue weighted by atomic mass is 9.62. The zero-order valence-corrected chi connectivity index (χ0v) is 12.6. The molecule has 0 aromatic heterocycles. The number of rotatable bonds is 2. The molecule has 2 saturated carbocycles. The van der Waals surface area contributed by atoms with Crippen LogP contribution in [0.5, 0.6) is 0 Å². The lowest BCUT2D eigenvalue weighted by Crippen LogP contribution is -2.49. The Morgan fingerprint density at radius 1 is 0.905 bits per heavy atom. The van der Waals surface area contributed by atoms with Crippen LogP contribution >= 0.6 is 0 Å². The van der Waals surface area contributed by atoms with Gasteiger partial charge in [-0.1, -0.05) is 51.0 Å². The number of hydrogen-bond donors (Lipinski definition) is 1. The van der Waals surface area contributed by atoms with Crippen LogP contribution in [-0.4, -0.2) is 0 Å². The van der Waals surface area contributed by atoms with Crippen molar-refractivity contribution >= 4 is 0 Å². The molecule has 2 fully saturated rings. The van der Waals surface area contributed by atoms with E-state index in [2.05, 4.69) is 0 Å². The van der Waals surface area contributed by atoms with Gasteiger partial charge in [0.2, 0.25) is 0 Å². The van der Waals surface area contributed by atoms with Crippen molar-refractivity contribution in [2.45, 2.75) is 63.3 Å². The van der Waals surface area contributed by atoms with Crippen molar-refractivity contribution in [3.63, 3.8) is 0 Å². The summed E-state index contributed by atoms with van der Waals surface area (Å²) in [6, 6.07) is 4.25. The van der Waals surface area contributed by atoms with Crippen molar-refractivity contribution in [2.75, 3.05) is 0 Å². The first kappa shape index (κ1) is 15.0. The first-order valence-corrected chi connectivity index (χ1v) is 8.35. The van der Waals surface area contributed by atoms with Crippen molar-refractivity contribution in [1.82, 2.24) is 0 Å². The molecule has 0 aliphatic heterocycles. The average molecular weight is 293 g/mol. The zero-order chi connectivity index (χ0) is 14.9. The van der Waals surface area contributed by atoms with Gasteiger partial charge < -0.3 is 5.73 Å². The van der Waals surface area contributed by atoms with Crippen LogP contribution in [-0.2, 0) is 5.54 Å². The fourth-order valence-corrected chi connectivity index (χ4v) is 4.56. The molecule has 2 aliphatic rings. The summed E-state index contributed by atoms with van der Waals surface area (Å²) in [5.41, 5.74) is 7.10. The summed E-state index contributed by atoms with van der Waals surface area (Å²) in [5, 5.41) is 0. The summed E-state index contributed by atoms with van der Waals surface area (Å²) >= 11 is 0. The van der Waals surface area contributed by atoms with Crippen LogP contribution in [0.3, 0.4) is 0 Å². The third-order valence-electron chi connectivity index (χ3n) is 5.69. The van der Waals surface area contributed by atoms with Crippen LogP contribution in [0.1, 0.15) is 63.4 Å². The third kappa shape index (κ3) is 2.85. The average Bonchev–Trinajstić information content (AvgIpc) is 2.51. The minimum Gasteiger partial charge on any atom is -0.321 e. The van der Waals surface area contributed by atoms with Crippen molar-refractivity contribution in [3.8, 4) is 0 Å². The van der Waals surface area contributed by atoms with Crippen LogP contribution in [0.4, 0.5) is 8.78 Å². The second kappa shape index (κ2) is 6.04. The fraction of sp³-hybridized carbons (Fsp3) is 0.667. The Kier molecular flexibility index (Phi) is 4.30. The topological polar surface area (TPSA) is 26.0 Å². The van der Waals surface area contributed by atoms with E-state index in [1.54, 1.807) is 6.07 Å². The second-order valence-electron chi connectivity index (χ2n) is 6.92. The van der Waals surface area contributed by atoms with E-state index in [0.717, 1.165) is 24.8 Å². The molecule has 2 N–H and O–H groups in total. The Morgan fingerprint density at radius 3 is 2.33 bits per heavy atom. The van der Waals surface area contributed by atoms with Gasteiger partial charge in [-0.25, -0.2) is 8.78 Å². The minimum absolute atomic E-state index is 0.413. The maximum atomic E-state index is 13.6. The Labute approximate surface area is 125 Å². The first-order valence-electron chi connectivity index (χ1n) is 8.35. The third-order valence-corrected chi connectivity index (χ3v) is 5.69. The molecule has 0 amide bonds. The minimum atomic E-state index is -0.785. The summed E-state index contributed by atoms with van der Waals surface area (Å²) in [4.78, 5) is 0. The van der Waals surface area contributed by atoms with Gasteiger partial charge in [0.1, 0.15) is 0 Å². The van der Waals surface area contributed by atoms with Gasteiger partial charge in [-0.3, -0.25) is 0 Å². The molecule has 1 nitrogen and oxygen atoms in total. The van der Waals surface area contributed by atoms with Gasteiger partial charge in [0.25, 0.3) is 0 Å². The fourth-order valence-electron chi connectivity index (χ4n) is 4.56. The molecule has 1 aromatic carbocycles. The van der Waals surface area contributed by atoms with E-state index in [-0.39, 0.29) is 0 Å². The van der Waals surface area contributed by atoms with Crippen molar-refractivity contribution < 1.29 is 8.78 Å². The highest BCUT2D eigenvalue weighted by molar-refractivity contribution is 5.27. The Morgan fingerprint density at radius 2 is 1.62 bits per heavy atom. The highest BCUT2D eigenvalue weighted by atomic mass is 19.2. The number of halogens is 2. The SMILES string of the molecule is NC1(c2ccc(F)c(F)c2)CCCCC1C1CCCCC1. The van der Waals surface area contributed by atoms with Crippen molar-refractivity contribution in [2.24, 2.45) is 17.6 Å². The lowest BCUT2D eigenvalue weighted by Gasteiger charge is -2.47. The molecular weight excluding hydrogens is 268 g/mol. The molecular formula is C18H25F2N. The molecule has 2 atom stereocenters. The zero-order valence-electron chi connectivity index (χ0n) is 12.6. The molecule has 2 unspecified atom stereocenters. The molecule has 0 saturated heterocycles. The molecule has 0 spiro atoms. The van der Waals surface area contributed by atoms with E-state index in [1.807, 2.05) is 0 Å². The van der Waals surface area contributed by atoms with E-state index in [1.165, 1.54) is 50.7 Å². The number of benzene rings is 1. The van der Waals surface area contributed by atoms with Gasteiger partial charge in [-0.05, 0) is 42.4 Å². The molecule has 3 rings (SSSR count). The van der Waals surface area contributed by atoms with Crippen LogP contribution in [0, 0.1) is 23.5 Å². The quantitative estimate of drug-likeness (QED) is 0.825. The standard InChI is InChI=1S/C18H25F2N/c19-16-10-9-14(12-17(16)20)18(21)11-5-4-8-15(18)13-6-2-1-3-7-13/h9-10,12-13,15H,1-8,11,21H2. The second-order valence-corrected chi connectivity index (χ2v) is 6.92. The van der Waals surface area contributed by atoms with Gasteiger partial charge in [-0.2, -0.15) is 0 Å². The Balaban J connectivity index is 1.91. The van der Waals surface area contributed by atoms with Crippen LogP contribution < -0.4 is 5.73 Å². The van der Waals surface area contributed by atoms with Gasteiger partial charge in [0, 0.05) is 5.54 Å². The van der Waals surface area contributed by atoms with Crippen LogP contribution in [0.2, 0.25) is 0 Å². The van der Waals surface area contributed by atoms with E-state index in [9.17, 15) is 8.78 Å². The summed E-state index contributed by atoms with van der Waals surface area (Å²) in [6.07, 6.45) is 10.7. The Hall–Kier alpha value is -0.960. The molecule has 2 aliphatic carbocycles. The van der Waals surface area contributed by atoms with Gasteiger partial charge >= 0.3 is 0 Å². The van der Waals surface area contributed by atoms with Crippen molar-refractivity contribution in [3.05, 3.63) is 35.4 Å². The van der Waals surface area contributed by atoms with E-state index in [4.69, 9.17) is 5.73 Å². The molecule has 21 heavy (non-hydrogen) atoms. The van der Waals surface area contributed by atoms with E-state index < -0.39 is 17.2 Å². The van der Waals surface area contributed by atoms with E-state index in [0.29, 0.717) is 11.8 Å². The number of hydrogen-bond acceptors (Lipinski definition) is 1. The number of nitrogens with two attached hydrogens (primary N) is 1. The molecule has 3 heteroatoms. The van der Waals surface area contributed by atoms with Gasteiger partial charge in [0.05, 0.1) is 0 Å². The largest absolute Gasteiger partial charge is 0.321 e. The molecule has 1 aromatic rings. The predicted octanol–water partition coefficient (Wildman–Crippen LogP) is 4.89. The lowest BCUT2D eigenvalue weighted by molar-refractivity contribution is 0.0982. The van der Waals surface area contributed by atoms with Crippen LogP contribution in [0.15, 0.2) is 18.2 Å². The first-order chi connectivity index (χ1) is 10.1. The monoisotopic (exact) mass is 293 g/mol. The smallest absolute Gasteiger partial charge is 0.159 e. The van der Waals surface area contributed by atoms with Gasteiger partial charge in [0.15, 0.2) is 11.6 Å². The highest BCUT2D eigenvalue weighted by Crippen LogP contribution is 2.47. The maximum absolute atomic E-state index is 13.6. The molecule has 0 bridgehead atoms. The maximum Gasteiger partial charge on any atom is 0.159 e. The molecule has 0 radical (unpaired) electrons. The summed E-state index contributed by atoms with van der Waals surface area (Å²) < 4.78 is 26.9. The molecule has 116 valence electrons. The van der Waals surface area contributed by atoms with Crippen LogP contribution in [0.25, 0.3) is 0 Å². The van der Waals surface area contributed by atoms with E-state index >= 15 is 0 Å². The normalized spacial score (nSPS) is 31.3. The van der Waals surface area contributed by atoms with Crippen molar-refractivity contribution in [1.29, 1.82) is 0 Å². The summed E-state index contributed by atoms with van der Waals surface area (Å²) in [6.45, 7) is 0.